The van der Waals surface area contributed by atoms with Gasteiger partial charge in [-0.15, -0.1) is 0 Å². The van der Waals surface area contributed by atoms with Crippen LogP contribution in [0.5, 0.6) is 0 Å². The van der Waals surface area contributed by atoms with Crippen molar-refractivity contribution >= 4 is 16.8 Å². The highest BCUT2D eigenvalue weighted by Gasteiger charge is 2.04. The molecule has 6 heteroatoms. The number of hydrogen-bond acceptors (Lipinski definition) is 4. The van der Waals surface area contributed by atoms with Crippen molar-refractivity contribution in [2.45, 2.75) is 32.9 Å². The standard InChI is InChI=1S/C15H20N4O2/c1-10(2)17-14(20)7-8-16-9-13-18-12-6-4-3-5-11(12)15(21)19-13/h3-6,10,16H,7-9H2,1-2H3,(H,17,20)(H,18,19,21). The Morgan fingerprint density at radius 3 is 2.86 bits per heavy atom. The van der Waals surface area contributed by atoms with E-state index in [9.17, 15) is 9.59 Å². The van der Waals surface area contributed by atoms with Crippen LogP contribution >= 0.6 is 0 Å². The van der Waals surface area contributed by atoms with Crippen molar-refractivity contribution in [3.8, 4) is 0 Å². The molecule has 0 saturated carbocycles. The normalized spacial score (nSPS) is 11.0. The molecule has 0 atom stereocenters. The van der Waals surface area contributed by atoms with E-state index in [4.69, 9.17) is 0 Å². The Bertz CT molecular complexity index is 679. The average Bonchev–Trinajstić information content (AvgIpc) is 2.43. The van der Waals surface area contributed by atoms with Crippen molar-refractivity contribution in [2.24, 2.45) is 0 Å². The molecule has 0 unspecified atom stereocenters. The van der Waals surface area contributed by atoms with Crippen LogP contribution in [0, 0.1) is 0 Å². The summed E-state index contributed by atoms with van der Waals surface area (Å²) in [5.41, 5.74) is 0.533. The SMILES string of the molecule is CC(C)NC(=O)CCNCc1nc2ccccc2c(=O)[nH]1. The van der Waals surface area contributed by atoms with Crippen molar-refractivity contribution < 1.29 is 4.79 Å². The highest BCUT2D eigenvalue weighted by molar-refractivity contribution is 5.77. The maximum absolute atomic E-state index is 11.9. The highest BCUT2D eigenvalue weighted by atomic mass is 16.1. The maximum atomic E-state index is 11.9. The Morgan fingerprint density at radius 2 is 2.10 bits per heavy atom. The quantitative estimate of drug-likeness (QED) is 0.690. The van der Waals surface area contributed by atoms with Crippen molar-refractivity contribution in [1.29, 1.82) is 0 Å². The molecular weight excluding hydrogens is 268 g/mol. The number of carbonyl (C=O) groups excluding carboxylic acids is 1. The van der Waals surface area contributed by atoms with E-state index in [0.717, 1.165) is 0 Å². The number of hydrogen-bond donors (Lipinski definition) is 3. The van der Waals surface area contributed by atoms with Gasteiger partial charge in [-0.3, -0.25) is 9.59 Å². The average molecular weight is 288 g/mol. The Kier molecular flexibility index (Phi) is 5.05. The number of aromatic amines is 1. The zero-order valence-electron chi connectivity index (χ0n) is 12.3. The van der Waals surface area contributed by atoms with Gasteiger partial charge in [0.2, 0.25) is 5.91 Å². The second-order valence-electron chi connectivity index (χ2n) is 5.18. The first-order chi connectivity index (χ1) is 10.1. The number of para-hydroxylation sites is 1. The summed E-state index contributed by atoms with van der Waals surface area (Å²) in [4.78, 5) is 30.5. The number of H-pyrrole nitrogens is 1. The van der Waals surface area contributed by atoms with E-state index < -0.39 is 0 Å². The molecule has 0 aliphatic carbocycles. The van der Waals surface area contributed by atoms with Gasteiger partial charge in [0.25, 0.3) is 5.56 Å². The molecule has 0 fully saturated rings. The number of rotatable bonds is 6. The van der Waals surface area contributed by atoms with Gasteiger partial charge in [0, 0.05) is 19.0 Å². The van der Waals surface area contributed by atoms with Crippen LogP contribution in [0.15, 0.2) is 29.1 Å². The lowest BCUT2D eigenvalue weighted by atomic mass is 10.2. The van der Waals surface area contributed by atoms with Crippen LogP contribution in [-0.4, -0.2) is 28.5 Å². The van der Waals surface area contributed by atoms with E-state index in [2.05, 4.69) is 20.6 Å². The van der Waals surface area contributed by atoms with Gasteiger partial charge in [-0.2, -0.15) is 0 Å². The van der Waals surface area contributed by atoms with Crippen molar-refractivity contribution in [1.82, 2.24) is 20.6 Å². The molecule has 0 bridgehead atoms. The zero-order valence-corrected chi connectivity index (χ0v) is 12.3. The van der Waals surface area contributed by atoms with Crippen LogP contribution in [-0.2, 0) is 11.3 Å². The smallest absolute Gasteiger partial charge is 0.258 e. The number of nitrogens with zero attached hydrogens (tertiary/aromatic N) is 1. The lowest BCUT2D eigenvalue weighted by Gasteiger charge is -2.08. The lowest BCUT2D eigenvalue weighted by molar-refractivity contribution is -0.121. The molecule has 0 spiro atoms. The number of aromatic nitrogens is 2. The largest absolute Gasteiger partial charge is 0.354 e. The molecule has 0 aliphatic rings. The molecule has 0 saturated heterocycles. The van der Waals surface area contributed by atoms with Crippen molar-refractivity contribution in [3.63, 3.8) is 0 Å². The molecule has 112 valence electrons. The van der Waals surface area contributed by atoms with Gasteiger partial charge < -0.3 is 15.6 Å². The second-order valence-corrected chi connectivity index (χ2v) is 5.18. The summed E-state index contributed by atoms with van der Waals surface area (Å²) in [6, 6.07) is 7.36. The Morgan fingerprint density at radius 1 is 1.33 bits per heavy atom. The van der Waals surface area contributed by atoms with Crippen molar-refractivity contribution in [2.75, 3.05) is 6.54 Å². The number of benzene rings is 1. The Balaban J connectivity index is 1.89. The molecule has 3 N–H and O–H groups in total. The van der Waals surface area contributed by atoms with E-state index in [1.807, 2.05) is 32.0 Å². The number of fused-ring (bicyclic) bond motifs is 1. The minimum absolute atomic E-state index is 0.0115. The Labute approximate surface area is 123 Å². The first-order valence-electron chi connectivity index (χ1n) is 7.04. The van der Waals surface area contributed by atoms with Gasteiger partial charge in [-0.25, -0.2) is 4.98 Å². The fraction of sp³-hybridized carbons (Fsp3) is 0.400. The van der Waals surface area contributed by atoms with Gasteiger partial charge in [0.1, 0.15) is 5.82 Å². The first-order valence-corrected chi connectivity index (χ1v) is 7.04. The van der Waals surface area contributed by atoms with Crippen LogP contribution < -0.4 is 16.2 Å². The van der Waals surface area contributed by atoms with Crippen LogP contribution in [0.1, 0.15) is 26.1 Å². The number of carbonyl (C=O) groups is 1. The second kappa shape index (κ2) is 6.99. The molecule has 1 aromatic carbocycles. The molecule has 1 amide bonds. The molecule has 1 heterocycles. The van der Waals surface area contributed by atoms with E-state index in [-0.39, 0.29) is 17.5 Å². The molecule has 0 aliphatic heterocycles. The molecule has 2 aromatic rings. The monoisotopic (exact) mass is 288 g/mol. The van der Waals surface area contributed by atoms with Gasteiger partial charge in [-0.1, -0.05) is 12.1 Å². The summed E-state index contributed by atoms with van der Waals surface area (Å²) >= 11 is 0. The molecule has 1 aromatic heterocycles. The van der Waals surface area contributed by atoms with Gasteiger partial charge in [-0.05, 0) is 26.0 Å². The topological polar surface area (TPSA) is 86.9 Å². The summed E-state index contributed by atoms with van der Waals surface area (Å²) in [6.07, 6.45) is 0.399. The predicted octanol–water partition coefficient (Wildman–Crippen LogP) is 0.927. The van der Waals surface area contributed by atoms with Crippen molar-refractivity contribution in [3.05, 3.63) is 40.4 Å². The number of amides is 1. The van der Waals surface area contributed by atoms with E-state index >= 15 is 0 Å². The summed E-state index contributed by atoms with van der Waals surface area (Å²) in [5.74, 6) is 0.584. The minimum Gasteiger partial charge on any atom is -0.354 e. The molecule has 6 nitrogen and oxygen atoms in total. The molecule has 0 radical (unpaired) electrons. The summed E-state index contributed by atoms with van der Waals surface area (Å²) in [6.45, 7) is 4.81. The van der Waals surface area contributed by atoms with Crippen LogP contribution in [0.3, 0.4) is 0 Å². The molecular formula is C15H20N4O2. The van der Waals surface area contributed by atoms with Gasteiger partial charge in [0.05, 0.1) is 17.4 Å². The zero-order chi connectivity index (χ0) is 15.2. The summed E-state index contributed by atoms with van der Waals surface area (Å²) < 4.78 is 0. The minimum atomic E-state index is -0.144. The number of nitrogens with one attached hydrogen (secondary N) is 3. The lowest BCUT2D eigenvalue weighted by Crippen LogP contribution is -2.32. The Hall–Kier alpha value is -2.21. The third-order valence-electron chi connectivity index (χ3n) is 2.93. The van der Waals surface area contributed by atoms with E-state index in [0.29, 0.717) is 36.2 Å². The highest BCUT2D eigenvalue weighted by Crippen LogP contribution is 2.05. The predicted molar refractivity (Wildman–Crippen MR) is 82.0 cm³/mol. The van der Waals surface area contributed by atoms with Gasteiger partial charge in [0.15, 0.2) is 0 Å². The summed E-state index contributed by atoms with van der Waals surface area (Å²) in [7, 11) is 0. The first kappa shape index (κ1) is 15.2. The maximum Gasteiger partial charge on any atom is 0.258 e. The fourth-order valence-electron chi connectivity index (χ4n) is 2.02. The fourth-order valence-corrected chi connectivity index (χ4v) is 2.02. The van der Waals surface area contributed by atoms with Crippen LogP contribution in [0.25, 0.3) is 10.9 Å². The van der Waals surface area contributed by atoms with Crippen LogP contribution in [0.4, 0.5) is 0 Å². The van der Waals surface area contributed by atoms with E-state index in [1.165, 1.54) is 0 Å². The summed E-state index contributed by atoms with van der Waals surface area (Å²) in [5, 5.41) is 6.51. The molecule has 2 rings (SSSR count). The van der Waals surface area contributed by atoms with E-state index in [1.54, 1.807) is 6.07 Å². The van der Waals surface area contributed by atoms with Gasteiger partial charge >= 0.3 is 0 Å². The van der Waals surface area contributed by atoms with Crippen LogP contribution in [0.2, 0.25) is 0 Å². The molecule has 21 heavy (non-hydrogen) atoms. The third-order valence-corrected chi connectivity index (χ3v) is 2.93. The third kappa shape index (κ3) is 4.39.